The van der Waals surface area contributed by atoms with Gasteiger partial charge in [0.15, 0.2) is 5.16 Å². The quantitative estimate of drug-likeness (QED) is 0.884. The number of hydrogen-bond donors (Lipinski definition) is 1. The summed E-state index contributed by atoms with van der Waals surface area (Å²) in [4.78, 5) is 9.49. The maximum Gasteiger partial charge on any atom is 0.192 e. The molecule has 0 spiro atoms. The Morgan fingerprint density at radius 1 is 1.35 bits per heavy atom. The van der Waals surface area contributed by atoms with Crippen molar-refractivity contribution in [2.75, 3.05) is 0 Å². The second kappa shape index (κ2) is 5.62. The van der Waals surface area contributed by atoms with Crippen LogP contribution in [-0.2, 0) is 6.61 Å². The molecule has 0 unspecified atom stereocenters. The summed E-state index contributed by atoms with van der Waals surface area (Å²) in [6.07, 6.45) is 1.74. The van der Waals surface area contributed by atoms with E-state index < -0.39 is 0 Å². The highest BCUT2D eigenvalue weighted by atomic mass is 79.9. The molecule has 0 saturated carbocycles. The predicted molar refractivity (Wildman–Crippen MR) is 71.0 cm³/mol. The van der Waals surface area contributed by atoms with Crippen LogP contribution in [0.25, 0.3) is 0 Å². The van der Waals surface area contributed by atoms with E-state index in [0.717, 1.165) is 20.6 Å². The molecule has 0 saturated heterocycles. The average molecular weight is 311 g/mol. The van der Waals surface area contributed by atoms with Crippen molar-refractivity contribution in [1.29, 1.82) is 0 Å². The number of nitrogens with zero attached hydrogens (tertiary/aromatic N) is 2. The fourth-order valence-electron chi connectivity index (χ4n) is 1.33. The Hall–Kier alpha value is -0.910. The van der Waals surface area contributed by atoms with E-state index in [1.807, 2.05) is 31.2 Å². The maximum absolute atomic E-state index is 9.27. The highest BCUT2D eigenvalue weighted by molar-refractivity contribution is 9.10. The number of rotatable bonds is 3. The van der Waals surface area contributed by atoms with Gasteiger partial charge >= 0.3 is 0 Å². The van der Waals surface area contributed by atoms with Gasteiger partial charge in [0.2, 0.25) is 0 Å². The Morgan fingerprint density at radius 2 is 2.18 bits per heavy atom. The van der Waals surface area contributed by atoms with Crippen LogP contribution in [0, 0.1) is 6.92 Å². The van der Waals surface area contributed by atoms with Crippen molar-refractivity contribution in [1.82, 2.24) is 9.97 Å². The minimum atomic E-state index is 0.0153. The first-order valence-corrected chi connectivity index (χ1v) is 6.67. The first kappa shape index (κ1) is 12.5. The number of aliphatic hydroxyl groups excluding tert-OH is 1. The smallest absolute Gasteiger partial charge is 0.192 e. The average Bonchev–Trinajstić information content (AvgIpc) is 2.29. The molecule has 0 amide bonds. The van der Waals surface area contributed by atoms with Gasteiger partial charge in [0.05, 0.1) is 6.61 Å². The van der Waals surface area contributed by atoms with Gasteiger partial charge in [-0.25, -0.2) is 9.97 Å². The third kappa shape index (κ3) is 3.28. The second-order valence-electron chi connectivity index (χ2n) is 3.49. The lowest BCUT2D eigenvalue weighted by Crippen LogP contribution is -1.91. The summed E-state index contributed by atoms with van der Waals surface area (Å²) in [6, 6.07) is 7.62. The molecule has 0 atom stereocenters. The molecule has 0 fully saturated rings. The van der Waals surface area contributed by atoms with Crippen molar-refractivity contribution in [3.63, 3.8) is 0 Å². The number of aromatic nitrogens is 2. The molecule has 1 aromatic carbocycles. The molecular formula is C12H11BrN2OS. The lowest BCUT2D eigenvalue weighted by Gasteiger charge is -2.06. The van der Waals surface area contributed by atoms with Crippen LogP contribution in [0.1, 0.15) is 11.3 Å². The Kier molecular flexibility index (Phi) is 4.15. The maximum atomic E-state index is 9.27. The molecule has 0 radical (unpaired) electrons. The van der Waals surface area contributed by atoms with Crippen LogP contribution in [0.2, 0.25) is 0 Å². The molecule has 88 valence electrons. The Bertz CT molecular complexity index is 534. The summed E-state index contributed by atoms with van der Waals surface area (Å²) < 4.78 is 0.977. The molecule has 2 aromatic rings. The van der Waals surface area contributed by atoms with Gasteiger partial charge in [-0.1, -0.05) is 22.0 Å². The van der Waals surface area contributed by atoms with Crippen LogP contribution in [0.5, 0.6) is 0 Å². The van der Waals surface area contributed by atoms with E-state index in [2.05, 4.69) is 25.9 Å². The van der Waals surface area contributed by atoms with Gasteiger partial charge < -0.3 is 5.11 Å². The van der Waals surface area contributed by atoms with Gasteiger partial charge in [0, 0.05) is 21.3 Å². The first-order valence-electron chi connectivity index (χ1n) is 5.06. The van der Waals surface area contributed by atoms with Crippen molar-refractivity contribution in [2.45, 2.75) is 23.6 Å². The van der Waals surface area contributed by atoms with Crippen molar-refractivity contribution in [3.8, 4) is 0 Å². The summed E-state index contributed by atoms with van der Waals surface area (Å²) in [5.74, 6) is 0. The molecule has 5 heteroatoms. The molecule has 0 bridgehead atoms. The number of halogens is 1. The Balaban J connectivity index is 2.32. The van der Waals surface area contributed by atoms with E-state index >= 15 is 0 Å². The van der Waals surface area contributed by atoms with Crippen molar-refractivity contribution in [3.05, 3.63) is 46.2 Å². The molecule has 3 nitrogen and oxygen atoms in total. The normalized spacial score (nSPS) is 10.5. The van der Waals surface area contributed by atoms with E-state index in [9.17, 15) is 5.11 Å². The van der Waals surface area contributed by atoms with Gasteiger partial charge in [0.1, 0.15) is 0 Å². The lowest BCUT2D eigenvalue weighted by molar-refractivity contribution is 0.279. The predicted octanol–water partition coefficient (Wildman–Crippen LogP) is 3.19. The zero-order chi connectivity index (χ0) is 12.3. The molecule has 2 rings (SSSR count). The fraction of sp³-hybridized carbons (Fsp3) is 0.167. The van der Waals surface area contributed by atoms with E-state index in [-0.39, 0.29) is 6.61 Å². The standard InChI is InChI=1S/C12H11BrN2OS/c1-8-4-5-14-12(15-8)17-11-6-10(13)3-2-9(11)7-16/h2-6,16H,7H2,1H3. The summed E-state index contributed by atoms with van der Waals surface area (Å²) in [6.45, 7) is 1.95. The summed E-state index contributed by atoms with van der Waals surface area (Å²) in [7, 11) is 0. The zero-order valence-electron chi connectivity index (χ0n) is 9.22. The van der Waals surface area contributed by atoms with Gasteiger partial charge in [-0.05, 0) is 42.4 Å². The zero-order valence-corrected chi connectivity index (χ0v) is 11.6. The van der Waals surface area contributed by atoms with Crippen LogP contribution >= 0.6 is 27.7 Å². The van der Waals surface area contributed by atoms with Crippen LogP contribution in [-0.4, -0.2) is 15.1 Å². The van der Waals surface area contributed by atoms with Crippen LogP contribution in [0.15, 0.2) is 45.0 Å². The minimum absolute atomic E-state index is 0.0153. The van der Waals surface area contributed by atoms with Gasteiger partial charge in [0.25, 0.3) is 0 Å². The van der Waals surface area contributed by atoms with E-state index in [4.69, 9.17) is 0 Å². The van der Waals surface area contributed by atoms with Gasteiger partial charge in [-0.15, -0.1) is 0 Å². The van der Waals surface area contributed by atoms with Crippen LogP contribution in [0.4, 0.5) is 0 Å². The third-order valence-corrected chi connectivity index (χ3v) is 3.65. The highest BCUT2D eigenvalue weighted by Crippen LogP contribution is 2.30. The molecule has 1 N–H and O–H groups in total. The largest absolute Gasteiger partial charge is 0.392 e. The minimum Gasteiger partial charge on any atom is -0.392 e. The lowest BCUT2D eigenvalue weighted by atomic mass is 10.2. The molecule has 0 aliphatic heterocycles. The monoisotopic (exact) mass is 310 g/mol. The van der Waals surface area contributed by atoms with Crippen LogP contribution < -0.4 is 0 Å². The Morgan fingerprint density at radius 3 is 2.88 bits per heavy atom. The summed E-state index contributed by atoms with van der Waals surface area (Å²) in [5.41, 5.74) is 1.81. The molecule has 17 heavy (non-hydrogen) atoms. The SMILES string of the molecule is Cc1ccnc(Sc2cc(Br)ccc2CO)n1. The van der Waals surface area contributed by atoms with Crippen LogP contribution in [0.3, 0.4) is 0 Å². The van der Waals surface area contributed by atoms with Gasteiger partial charge in [-0.2, -0.15) is 0 Å². The first-order chi connectivity index (χ1) is 8.19. The third-order valence-electron chi connectivity index (χ3n) is 2.17. The summed E-state index contributed by atoms with van der Waals surface area (Å²) >= 11 is 4.87. The molecular weight excluding hydrogens is 300 g/mol. The number of aryl methyl sites for hydroxylation is 1. The summed E-state index contributed by atoms with van der Waals surface area (Å²) in [5, 5.41) is 9.96. The molecule has 1 aromatic heterocycles. The van der Waals surface area contributed by atoms with Crippen molar-refractivity contribution < 1.29 is 5.11 Å². The number of aliphatic hydroxyl groups is 1. The highest BCUT2D eigenvalue weighted by Gasteiger charge is 2.06. The topological polar surface area (TPSA) is 46.0 Å². The van der Waals surface area contributed by atoms with E-state index in [0.29, 0.717) is 5.16 Å². The van der Waals surface area contributed by atoms with Gasteiger partial charge in [-0.3, -0.25) is 0 Å². The fourth-order valence-corrected chi connectivity index (χ4v) is 2.79. The molecule has 0 aliphatic carbocycles. The molecule has 0 aliphatic rings. The van der Waals surface area contributed by atoms with Crippen molar-refractivity contribution >= 4 is 27.7 Å². The van der Waals surface area contributed by atoms with Crippen molar-refractivity contribution in [2.24, 2.45) is 0 Å². The second-order valence-corrected chi connectivity index (χ2v) is 5.42. The Labute approximate surface area is 112 Å². The molecule has 1 heterocycles. The number of benzene rings is 1. The number of hydrogen-bond acceptors (Lipinski definition) is 4. The van der Waals surface area contributed by atoms with E-state index in [1.54, 1.807) is 6.20 Å². The van der Waals surface area contributed by atoms with E-state index in [1.165, 1.54) is 11.8 Å².